The molecular formula is C16H16N6O2. The molecule has 0 amide bonds. The zero-order valence-corrected chi connectivity index (χ0v) is 13.4. The number of aryl methyl sites for hydroxylation is 3. The summed E-state index contributed by atoms with van der Waals surface area (Å²) in [5, 5.41) is 4.17. The van der Waals surface area contributed by atoms with Crippen LogP contribution in [0.15, 0.2) is 35.5 Å². The fourth-order valence-electron chi connectivity index (χ4n) is 2.72. The van der Waals surface area contributed by atoms with Crippen LogP contribution in [0.3, 0.4) is 0 Å². The molecular weight excluding hydrogens is 308 g/mol. The molecule has 0 atom stereocenters. The second-order valence-corrected chi connectivity index (χ2v) is 5.60. The highest BCUT2D eigenvalue weighted by molar-refractivity contribution is 5.76. The van der Waals surface area contributed by atoms with E-state index in [-0.39, 0.29) is 5.56 Å². The van der Waals surface area contributed by atoms with E-state index < -0.39 is 0 Å². The van der Waals surface area contributed by atoms with Crippen LogP contribution >= 0.6 is 0 Å². The maximum Gasteiger partial charge on any atom is 0.281 e. The maximum absolute atomic E-state index is 12.4. The summed E-state index contributed by atoms with van der Waals surface area (Å²) in [6.07, 6.45) is 3.88. The molecule has 8 heteroatoms. The first-order valence-corrected chi connectivity index (χ1v) is 7.55. The molecule has 4 aromatic rings. The van der Waals surface area contributed by atoms with Gasteiger partial charge in [-0.15, -0.1) is 0 Å². The summed E-state index contributed by atoms with van der Waals surface area (Å²) >= 11 is 0. The molecule has 122 valence electrons. The van der Waals surface area contributed by atoms with Crippen LogP contribution in [0, 0.1) is 0 Å². The topological polar surface area (TPSA) is 90.6 Å². The average molecular weight is 324 g/mol. The second kappa shape index (κ2) is 5.48. The van der Waals surface area contributed by atoms with Crippen LogP contribution in [0.4, 0.5) is 0 Å². The quantitative estimate of drug-likeness (QED) is 0.610. The molecule has 0 radical (unpaired) electrons. The van der Waals surface area contributed by atoms with Gasteiger partial charge >= 0.3 is 0 Å². The Morgan fingerprint density at radius 1 is 1.29 bits per heavy atom. The van der Waals surface area contributed by atoms with Gasteiger partial charge in [-0.05, 0) is 12.1 Å². The van der Waals surface area contributed by atoms with Crippen molar-refractivity contribution in [1.29, 1.82) is 0 Å². The normalized spacial score (nSPS) is 11.4. The van der Waals surface area contributed by atoms with E-state index >= 15 is 0 Å². The Balaban J connectivity index is 1.60. The predicted molar refractivity (Wildman–Crippen MR) is 89.1 cm³/mol. The van der Waals surface area contributed by atoms with E-state index in [4.69, 9.17) is 4.74 Å². The summed E-state index contributed by atoms with van der Waals surface area (Å²) in [7, 11) is 3.40. The SMILES string of the molecule is COc1ccc2nc(CCn3cnc4cn(C)nc4c3=O)[nH]c2c1. The first kappa shape index (κ1) is 14.4. The minimum atomic E-state index is -0.140. The molecule has 4 rings (SSSR count). The molecule has 0 aliphatic rings. The summed E-state index contributed by atoms with van der Waals surface area (Å²) in [6.45, 7) is 0.481. The molecule has 0 aliphatic heterocycles. The van der Waals surface area contributed by atoms with Gasteiger partial charge in [0.25, 0.3) is 5.56 Å². The van der Waals surface area contributed by atoms with Crippen molar-refractivity contribution in [3.8, 4) is 5.75 Å². The lowest BCUT2D eigenvalue weighted by molar-refractivity contribution is 0.415. The van der Waals surface area contributed by atoms with Crippen molar-refractivity contribution >= 4 is 22.1 Å². The number of aromatic nitrogens is 6. The zero-order valence-electron chi connectivity index (χ0n) is 13.4. The minimum Gasteiger partial charge on any atom is -0.497 e. The number of nitrogens with one attached hydrogen (secondary N) is 1. The van der Waals surface area contributed by atoms with Crippen LogP contribution in [0.25, 0.3) is 22.1 Å². The van der Waals surface area contributed by atoms with Gasteiger partial charge in [-0.2, -0.15) is 5.10 Å². The van der Waals surface area contributed by atoms with Gasteiger partial charge in [-0.1, -0.05) is 0 Å². The maximum atomic E-state index is 12.4. The van der Waals surface area contributed by atoms with Gasteiger partial charge in [-0.3, -0.25) is 14.0 Å². The lowest BCUT2D eigenvalue weighted by Gasteiger charge is -2.02. The van der Waals surface area contributed by atoms with Crippen LogP contribution in [-0.4, -0.2) is 36.4 Å². The van der Waals surface area contributed by atoms with Crippen molar-refractivity contribution in [2.24, 2.45) is 7.05 Å². The standard InChI is InChI=1S/C16H16N6O2/c1-21-8-13-15(20-21)16(23)22(9-17-13)6-5-14-18-11-4-3-10(24-2)7-12(11)19-14/h3-4,7-9H,5-6H2,1-2H3,(H,18,19). The number of benzene rings is 1. The van der Waals surface area contributed by atoms with Crippen molar-refractivity contribution in [2.75, 3.05) is 7.11 Å². The molecule has 3 heterocycles. The zero-order chi connectivity index (χ0) is 16.7. The third kappa shape index (κ3) is 2.41. The molecule has 0 unspecified atom stereocenters. The predicted octanol–water partition coefficient (Wildman–Crippen LogP) is 1.26. The number of imidazole rings is 1. The third-order valence-corrected chi connectivity index (χ3v) is 3.94. The van der Waals surface area contributed by atoms with Gasteiger partial charge < -0.3 is 9.72 Å². The first-order valence-electron chi connectivity index (χ1n) is 7.55. The van der Waals surface area contributed by atoms with E-state index in [9.17, 15) is 4.79 Å². The number of H-pyrrole nitrogens is 1. The highest BCUT2D eigenvalue weighted by atomic mass is 16.5. The van der Waals surface area contributed by atoms with E-state index in [0.29, 0.717) is 24.0 Å². The molecule has 1 N–H and O–H groups in total. The van der Waals surface area contributed by atoms with Crippen LogP contribution in [0.2, 0.25) is 0 Å². The van der Waals surface area contributed by atoms with Crippen molar-refractivity contribution in [1.82, 2.24) is 29.3 Å². The number of rotatable bonds is 4. The highest BCUT2D eigenvalue weighted by Gasteiger charge is 2.09. The molecule has 0 bridgehead atoms. The summed E-state index contributed by atoms with van der Waals surface area (Å²) in [4.78, 5) is 24.5. The Morgan fingerprint density at radius 3 is 3.00 bits per heavy atom. The van der Waals surface area contributed by atoms with E-state index in [1.165, 1.54) is 0 Å². The molecule has 1 aromatic carbocycles. The van der Waals surface area contributed by atoms with Crippen molar-refractivity contribution in [3.63, 3.8) is 0 Å². The Hall–Kier alpha value is -3.16. The highest BCUT2D eigenvalue weighted by Crippen LogP contribution is 2.18. The lowest BCUT2D eigenvalue weighted by Crippen LogP contribution is -2.22. The smallest absolute Gasteiger partial charge is 0.281 e. The number of hydrogen-bond donors (Lipinski definition) is 1. The minimum absolute atomic E-state index is 0.140. The monoisotopic (exact) mass is 324 g/mol. The molecule has 24 heavy (non-hydrogen) atoms. The number of nitrogens with zero attached hydrogens (tertiary/aromatic N) is 5. The van der Waals surface area contributed by atoms with Crippen LogP contribution in [0.1, 0.15) is 5.82 Å². The molecule has 0 saturated heterocycles. The molecule has 3 aromatic heterocycles. The Morgan fingerprint density at radius 2 is 2.17 bits per heavy atom. The first-order chi connectivity index (χ1) is 11.6. The van der Waals surface area contributed by atoms with Gasteiger partial charge in [0.05, 0.1) is 30.7 Å². The fourth-order valence-corrected chi connectivity index (χ4v) is 2.72. The number of hydrogen-bond acceptors (Lipinski definition) is 5. The fraction of sp³-hybridized carbons (Fsp3) is 0.250. The lowest BCUT2D eigenvalue weighted by atomic mass is 10.3. The van der Waals surface area contributed by atoms with E-state index in [1.807, 2.05) is 18.2 Å². The molecule has 0 fully saturated rings. The number of fused-ring (bicyclic) bond motifs is 2. The van der Waals surface area contributed by atoms with E-state index in [0.717, 1.165) is 22.6 Å². The molecule has 8 nitrogen and oxygen atoms in total. The Kier molecular flexibility index (Phi) is 3.30. The van der Waals surface area contributed by atoms with Gasteiger partial charge in [0, 0.05) is 26.1 Å². The molecule has 0 aliphatic carbocycles. The van der Waals surface area contributed by atoms with E-state index in [1.54, 1.807) is 35.9 Å². The van der Waals surface area contributed by atoms with Crippen LogP contribution in [-0.2, 0) is 20.0 Å². The van der Waals surface area contributed by atoms with Crippen LogP contribution in [0.5, 0.6) is 5.75 Å². The van der Waals surface area contributed by atoms with E-state index in [2.05, 4.69) is 20.1 Å². The summed E-state index contributed by atoms with van der Waals surface area (Å²) in [5.74, 6) is 1.59. The van der Waals surface area contributed by atoms with Gasteiger partial charge in [-0.25, -0.2) is 9.97 Å². The molecule has 0 saturated carbocycles. The third-order valence-electron chi connectivity index (χ3n) is 3.94. The van der Waals surface area contributed by atoms with Gasteiger partial charge in [0.2, 0.25) is 0 Å². The van der Waals surface area contributed by atoms with Gasteiger partial charge in [0.15, 0.2) is 5.52 Å². The van der Waals surface area contributed by atoms with Crippen molar-refractivity contribution in [2.45, 2.75) is 13.0 Å². The summed E-state index contributed by atoms with van der Waals surface area (Å²) < 4.78 is 8.36. The largest absolute Gasteiger partial charge is 0.497 e. The number of methoxy groups -OCH3 is 1. The summed E-state index contributed by atoms with van der Waals surface area (Å²) in [6, 6.07) is 5.68. The number of ether oxygens (including phenoxy) is 1. The average Bonchev–Trinajstić information content (AvgIpc) is 3.16. The molecule has 0 spiro atoms. The van der Waals surface area contributed by atoms with Crippen molar-refractivity contribution < 1.29 is 4.74 Å². The van der Waals surface area contributed by atoms with Crippen molar-refractivity contribution in [3.05, 3.63) is 46.9 Å². The van der Waals surface area contributed by atoms with Crippen LogP contribution < -0.4 is 10.3 Å². The Bertz CT molecular complexity index is 1090. The summed E-state index contributed by atoms with van der Waals surface area (Å²) in [5.41, 5.74) is 2.63. The second-order valence-electron chi connectivity index (χ2n) is 5.60. The Labute approximate surface area is 136 Å². The van der Waals surface area contributed by atoms with Gasteiger partial charge in [0.1, 0.15) is 17.1 Å². The number of aromatic amines is 1.